The van der Waals surface area contributed by atoms with Crippen LogP contribution in [0.15, 0.2) is 53.7 Å². The Morgan fingerprint density at radius 3 is 2.67 bits per heavy atom. The molecular formula is C23H26ClN5O3S. The molecule has 0 saturated carbocycles. The number of amides is 1. The number of para-hydroxylation sites is 2. The van der Waals surface area contributed by atoms with Gasteiger partial charge in [-0.05, 0) is 43.2 Å². The molecule has 1 aromatic heterocycles. The zero-order valence-corrected chi connectivity index (χ0v) is 19.9. The molecule has 4 rings (SSSR count). The quantitative estimate of drug-likeness (QED) is 0.344. The second kappa shape index (κ2) is 11.3. The number of hydrogen-bond donors (Lipinski definition) is 1. The van der Waals surface area contributed by atoms with Gasteiger partial charge in [0.05, 0.1) is 25.1 Å². The van der Waals surface area contributed by atoms with Crippen molar-refractivity contribution in [1.29, 1.82) is 0 Å². The minimum Gasteiger partial charge on any atom is -0.493 e. The molecule has 1 aliphatic rings. The predicted octanol–water partition coefficient (Wildman–Crippen LogP) is 3.82. The lowest BCUT2D eigenvalue weighted by Gasteiger charge is -2.18. The summed E-state index contributed by atoms with van der Waals surface area (Å²) in [6, 6.07) is 15.0. The molecule has 174 valence electrons. The number of nitrogens with one attached hydrogen (secondary N) is 1. The zero-order chi connectivity index (χ0) is 23.0. The van der Waals surface area contributed by atoms with Gasteiger partial charge in [0.25, 0.3) is 0 Å². The molecule has 1 saturated heterocycles. The predicted molar refractivity (Wildman–Crippen MR) is 130 cm³/mol. The topological polar surface area (TPSA) is 81.5 Å². The standard InChI is InChI=1S/C23H26ClN5O3S/c1-31-19-9-2-3-10-20(19)32-14-11-25-21(30)16-33-23-27-26-22(28-12-4-5-13-28)29(23)18-8-6-7-17(24)15-18/h2-3,6-10,15H,4-5,11-14,16H2,1H3,(H,25,30). The fourth-order valence-electron chi connectivity index (χ4n) is 3.59. The lowest BCUT2D eigenvalue weighted by atomic mass is 10.3. The molecule has 0 aliphatic carbocycles. The smallest absolute Gasteiger partial charge is 0.232 e. The monoisotopic (exact) mass is 487 g/mol. The molecule has 0 atom stereocenters. The first-order valence-corrected chi connectivity index (χ1v) is 12.1. The molecule has 2 heterocycles. The van der Waals surface area contributed by atoms with Crippen LogP contribution in [0.1, 0.15) is 12.8 Å². The highest BCUT2D eigenvalue weighted by molar-refractivity contribution is 7.99. The molecule has 1 amide bonds. The molecule has 1 fully saturated rings. The SMILES string of the molecule is COc1ccccc1OCCNC(=O)CSc1nnc(N2CCCC2)n1-c1cccc(Cl)c1. The maximum Gasteiger partial charge on any atom is 0.232 e. The number of hydrogen-bond acceptors (Lipinski definition) is 7. The average Bonchev–Trinajstić information content (AvgIpc) is 3.50. The molecule has 10 heteroatoms. The van der Waals surface area contributed by atoms with Gasteiger partial charge < -0.3 is 19.7 Å². The van der Waals surface area contributed by atoms with Gasteiger partial charge in [0.15, 0.2) is 16.7 Å². The summed E-state index contributed by atoms with van der Waals surface area (Å²) in [5.74, 6) is 2.20. The second-order valence-corrected chi connectivity index (χ2v) is 8.81. The minimum absolute atomic E-state index is 0.105. The van der Waals surface area contributed by atoms with Crippen LogP contribution in [-0.2, 0) is 4.79 Å². The number of thioether (sulfide) groups is 1. The van der Waals surface area contributed by atoms with E-state index < -0.39 is 0 Å². The lowest BCUT2D eigenvalue weighted by Crippen LogP contribution is -2.29. The number of carbonyl (C=O) groups excluding carboxylic acids is 1. The van der Waals surface area contributed by atoms with Crippen molar-refractivity contribution in [1.82, 2.24) is 20.1 Å². The van der Waals surface area contributed by atoms with Crippen molar-refractivity contribution in [3.05, 3.63) is 53.6 Å². The molecule has 0 radical (unpaired) electrons. The van der Waals surface area contributed by atoms with Crippen LogP contribution in [0.2, 0.25) is 5.02 Å². The van der Waals surface area contributed by atoms with Crippen LogP contribution in [-0.4, -0.2) is 59.8 Å². The number of rotatable bonds is 10. The van der Waals surface area contributed by atoms with Gasteiger partial charge in [-0.15, -0.1) is 10.2 Å². The van der Waals surface area contributed by atoms with Crippen LogP contribution in [0.25, 0.3) is 5.69 Å². The fraction of sp³-hybridized carbons (Fsp3) is 0.348. The van der Waals surface area contributed by atoms with Gasteiger partial charge in [0.2, 0.25) is 11.9 Å². The van der Waals surface area contributed by atoms with E-state index in [1.807, 2.05) is 53.1 Å². The van der Waals surface area contributed by atoms with Crippen LogP contribution < -0.4 is 19.7 Å². The molecule has 2 aromatic carbocycles. The minimum atomic E-state index is -0.105. The summed E-state index contributed by atoms with van der Waals surface area (Å²) < 4.78 is 12.9. The maximum absolute atomic E-state index is 12.4. The van der Waals surface area contributed by atoms with E-state index in [4.69, 9.17) is 21.1 Å². The van der Waals surface area contributed by atoms with Crippen LogP contribution in [0.5, 0.6) is 11.5 Å². The van der Waals surface area contributed by atoms with E-state index in [-0.39, 0.29) is 11.7 Å². The largest absolute Gasteiger partial charge is 0.493 e. The van der Waals surface area contributed by atoms with Gasteiger partial charge in [-0.3, -0.25) is 9.36 Å². The molecule has 0 spiro atoms. The van der Waals surface area contributed by atoms with E-state index in [1.165, 1.54) is 11.8 Å². The zero-order valence-electron chi connectivity index (χ0n) is 18.4. The van der Waals surface area contributed by atoms with E-state index in [0.717, 1.165) is 37.6 Å². The molecular weight excluding hydrogens is 462 g/mol. The van der Waals surface area contributed by atoms with Crippen molar-refractivity contribution in [3.63, 3.8) is 0 Å². The van der Waals surface area contributed by atoms with Crippen LogP contribution >= 0.6 is 23.4 Å². The van der Waals surface area contributed by atoms with Crippen LogP contribution in [0.3, 0.4) is 0 Å². The van der Waals surface area contributed by atoms with Gasteiger partial charge in [0, 0.05) is 18.1 Å². The number of methoxy groups -OCH3 is 1. The van der Waals surface area contributed by atoms with Crippen molar-refractivity contribution < 1.29 is 14.3 Å². The molecule has 3 aromatic rings. The van der Waals surface area contributed by atoms with Crippen molar-refractivity contribution in [3.8, 4) is 17.2 Å². The second-order valence-electron chi connectivity index (χ2n) is 7.43. The Labute approximate surface area is 202 Å². The molecule has 8 nitrogen and oxygen atoms in total. The van der Waals surface area contributed by atoms with Crippen molar-refractivity contribution in [2.75, 3.05) is 44.0 Å². The summed E-state index contributed by atoms with van der Waals surface area (Å²) in [5, 5.41) is 13.0. The number of halogens is 1. The van der Waals surface area contributed by atoms with E-state index in [1.54, 1.807) is 7.11 Å². The van der Waals surface area contributed by atoms with E-state index >= 15 is 0 Å². The average molecular weight is 488 g/mol. The van der Waals surface area contributed by atoms with Crippen LogP contribution in [0, 0.1) is 0 Å². The highest BCUT2D eigenvalue weighted by atomic mass is 35.5. The molecule has 1 N–H and O–H groups in total. The Bertz CT molecular complexity index is 1090. The number of benzene rings is 2. The molecule has 1 aliphatic heterocycles. The van der Waals surface area contributed by atoms with Gasteiger partial charge in [-0.2, -0.15) is 0 Å². The normalized spacial score (nSPS) is 13.2. The third-order valence-electron chi connectivity index (χ3n) is 5.15. The molecule has 33 heavy (non-hydrogen) atoms. The number of aromatic nitrogens is 3. The summed E-state index contributed by atoms with van der Waals surface area (Å²) >= 11 is 7.57. The highest BCUT2D eigenvalue weighted by Gasteiger charge is 2.23. The van der Waals surface area contributed by atoms with Gasteiger partial charge >= 0.3 is 0 Å². The summed E-state index contributed by atoms with van der Waals surface area (Å²) in [7, 11) is 1.60. The summed E-state index contributed by atoms with van der Waals surface area (Å²) in [5.41, 5.74) is 0.877. The van der Waals surface area contributed by atoms with Crippen LogP contribution in [0.4, 0.5) is 5.95 Å². The summed E-state index contributed by atoms with van der Waals surface area (Å²) in [6.45, 7) is 2.61. The Balaban J connectivity index is 1.35. The summed E-state index contributed by atoms with van der Waals surface area (Å²) in [6.07, 6.45) is 2.26. The third-order valence-corrected chi connectivity index (χ3v) is 6.32. The fourth-order valence-corrected chi connectivity index (χ4v) is 4.55. The first-order chi connectivity index (χ1) is 16.2. The Hall–Kier alpha value is -2.91. The van der Waals surface area contributed by atoms with Gasteiger partial charge in [-0.1, -0.05) is 41.6 Å². The van der Waals surface area contributed by atoms with Crippen molar-refractivity contribution in [2.45, 2.75) is 18.0 Å². The molecule has 0 unspecified atom stereocenters. The van der Waals surface area contributed by atoms with Gasteiger partial charge in [-0.25, -0.2) is 0 Å². The van der Waals surface area contributed by atoms with Crippen molar-refractivity contribution >= 4 is 35.2 Å². The number of carbonyl (C=O) groups is 1. The molecule has 0 bridgehead atoms. The number of anilines is 1. The van der Waals surface area contributed by atoms with E-state index in [9.17, 15) is 4.79 Å². The third kappa shape index (κ3) is 5.91. The first-order valence-electron chi connectivity index (χ1n) is 10.8. The van der Waals surface area contributed by atoms with E-state index in [2.05, 4.69) is 20.4 Å². The maximum atomic E-state index is 12.4. The highest BCUT2D eigenvalue weighted by Crippen LogP contribution is 2.29. The Kier molecular flexibility index (Phi) is 7.96. The summed E-state index contributed by atoms with van der Waals surface area (Å²) in [4.78, 5) is 14.6. The Morgan fingerprint density at radius 1 is 1.12 bits per heavy atom. The lowest BCUT2D eigenvalue weighted by molar-refractivity contribution is -0.118. The van der Waals surface area contributed by atoms with Crippen molar-refractivity contribution in [2.24, 2.45) is 0 Å². The Morgan fingerprint density at radius 2 is 1.91 bits per heavy atom. The first kappa shape index (κ1) is 23.3. The van der Waals surface area contributed by atoms with E-state index in [0.29, 0.717) is 34.8 Å². The number of ether oxygens (including phenoxy) is 2. The van der Waals surface area contributed by atoms with Gasteiger partial charge in [0.1, 0.15) is 6.61 Å². The number of nitrogens with zero attached hydrogens (tertiary/aromatic N) is 4.